The minimum absolute atomic E-state index is 0.0153. The van der Waals surface area contributed by atoms with E-state index >= 15 is 0 Å². The van der Waals surface area contributed by atoms with Crippen LogP contribution in [0.25, 0.3) is 10.1 Å². The van der Waals surface area contributed by atoms with Crippen LogP contribution in [0.4, 0.5) is 38.5 Å². The summed E-state index contributed by atoms with van der Waals surface area (Å²) in [4.78, 5) is 4.96. The second-order valence-corrected chi connectivity index (χ2v) is 20.7. The van der Waals surface area contributed by atoms with E-state index in [-0.39, 0.29) is 34.2 Å². The molecule has 0 spiro atoms. The number of hydrogen-bond acceptors (Lipinski definition) is 3. The van der Waals surface area contributed by atoms with Crippen LogP contribution in [0.1, 0.15) is 110 Å². The molecule has 0 amide bonds. The van der Waals surface area contributed by atoms with E-state index in [1.165, 1.54) is 82.8 Å². The lowest BCUT2D eigenvalue weighted by Gasteiger charge is -2.44. The third kappa shape index (κ3) is 5.32. The van der Waals surface area contributed by atoms with Gasteiger partial charge in [-0.05, 0) is 147 Å². The Labute approximate surface area is 326 Å². The van der Waals surface area contributed by atoms with E-state index in [1.54, 1.807) is 12.1 Å². The number of hydrogen-bond donors (Lipinski definition) is 0. The van der Waals surface area contributed by atoms with Gasteiger partial charge in [-0.25, -0.2) is 4.39 Å². The lowest BCUT2D eigenvalue weighted by atomic mass is 9.36. The maximum atomic E-state index is 14.7. The van der Waals surface area contributed by atoms with Gasteiger partial charge in [0.1, 0.15) is 5.82 Å². The van der Waals surface area contributed by atoms with Crippen molar-refractivity contribution in [1.29, 1.82) is 0 Å². The van der Waals surface area contributed by atoms with Crippen molar-refractivity contribution in [2.45, 2.75) is 111 Å². The molecule has 5 aromatic carbocycles. The normalized spacial score (nSPS) is 16.9. The van der Waals surface area contributed by atoms with E-state index in [1.807, 2.05) is 23.5 Å². The SMILES string of the molecule is Cc1cc2c3c(c1)N(c1ccc(F)cc1)c1c(sc4cc5c(cc14)C(C)(C)CCC5(C)C)B3c1cc(C(C)(C)C)ccc1N2c1ccc(C(C)(C)C)cc1. The van der Waals surface area contributed by atoms with Crippen LogP contribution in [0.3, 0.4) is 0 Å². The van der Waals surface area contributed by atoms with E-state index in [0.717, 1.165) is 17.8 Å². The van der Waals surface area contributed by atoms with Gasteiger partial charge in [-0.3, -0.25) is 0 Å². The van der Waals surface area contributed by atoms with Gasteiger partial charge in [0.2, 0.25) is 0 Å². The molecule has 0 radical (unpaired) electrons. The molecule has 0 fully saturated rings. The Kier molecular flexibility index (Phi) is 7.59. The molecule has 0 bridgehead atoms. The lowest BCUT2D eigenvalue weighted by Crippen LogP contribution is -2.60. The van der Waals surface area contributed by atoms with Crippen LogP contribution < -0.4 is 25.5 Å². The molecule has 1 aromatic heterocycles. The third-order valence-electron chi connectivity index (χ3n) is 12.7. The average Bonchev–Trinajstić information content (AvgIpc) is 3.47. The van der Waals surface area contributed by atoms with Gasteiger partial charge < -0.3 is 9.80 Å². The van der Waals surface area contributed by atoms with Crippen LogP contribution in [0.5, 0.6) is 0 Å². The van der Waals surface area contributed by atoms with E-state index < -0.39 is 0 Å². The highest BCUT2D eigenvalue weighted by Gasteiger charge is 2.46. The smallest absolute Gasteiger partial charge is 0.264 e. The lowest BCUT2D eigenvalue weighted by molar-refractivity contribution is 0.332. The van der Waals surface area contributed by atoms with Crippen LogP contribution in [0.15, 0.2) is 91.0 Å². The number of halogens is 1. The first-order chi connectivity index (χ1) is 25.3. The van der Waals surface area contributed by atoms with E-state index in [4.69, 9.17) is 0 Å². The fourth-order valence-corrected chi connectivity index (χ4v) is 10.7. The molecule has 54 heavy (non-hydrogen) atoms. The number of anilines is 6. The summed E-state index contributed by atoms with van der Waals surface area (Å²) in [7, 11) is 0. The number of aryl methyl sites for hydroxylation is 1. The molecule has 9 rings (SSSR count). The first-order valence-electron chi connectivity index (χ1n) is 19.7. The predicted octanol–water partition coefficient (Wildman–Crippen LogP) is 12.4. The standard InChI is InChI=1S/C49H52BFN2S/c1-29-24-40-43-41(25-29)53(34-19-15-32(51)16-20-34)44-35-27-36-37(49(10,11)23-22-48(36,8)9)28-42(35)54-45(44)50(43)38-26-31(47(5,6)7)14-21-39(38)52(40)33-17-12-30(13-18-33)46(2,3)4/h12-21,24-28H,22-23H2,1-11H3. The zero-order valence-electron chi connectivity index (χ0n) is 33.8. The second kappa shape index (κ2) is 11.6. The maximum absolute atomic E-state index is 14.7. The largest absolute Gasteiger partial charge is 0.311 e. The van der Waals surface area contributed by atoms with Crippen LogP contribution in [-0.4, -0.2) is 6.71 Å². The Balaban J connectivity index is 1.40. The van der Waals surface area contributed by atoms with Crippen molar-refractivity contribution in [2.75, 3.05) is 9.80 Å². The fourth-order valence-electron chi connectivity index (χ4n) is 9.40. The topological polar surface area (TPSA) is 6.48 Å². The summed E-state index contributed by atoms with van der Waals surface area (Å²) in [5.74, 6) is -0.220. The minimum atomic E-state index is -0.220. The summed E-state index contributed by atoms with van der Waals surface area (Å²) in [5.41, 5.74) is 16.7. The quantitative estimate of drug-likeness (QED) is 0.163. The zero-order chi connectivity index (χ0) is 38.3. The molecule has 5 heteroatoms. The van der Waals surface area contributed by atoms with Crippen molar-refractivity contribution in [3.8, 4) is 0 Å². The summed E-state index contributed by atoms with van der Waals surface area (Å²) in [6, 6.07) is 33.4. The molecule has 2 aliphatic heterocycles. The Morgan fingerprint density at radius 1 is 0.630 bits per heavy atom. The van der Waals surface area contributed by atoms with E-state index in [9.17, 15) is 4.39 Å². The molecule has 2 nitrogen and oxygen atoms in total. The molecule has 0 saturated carbocycles. The number of thiophene rings is 1. The van der Waals surface area contributed by atoms with Gasteiger partial charge >= 0.3 is 0 Å². The molecular weight excluding hydrogens is 678 g/mol. The number of rotatable bonds is 2. The van der Waals surface area contributed by atoms with Crippen molar-refractivity contribution < 1.29 is 4.39 Å². The van der Waals surface area contributed by atoms with Crippen molar-refractivity contribution in [3.63, 3.8) is 0 Å². The van der Waals surface area contributed by atoms with Crippen molar-refractivity contribution in [2.24, 2.45) is 0 Å². The molecule has 1 aliphatic carbocycles. The third-order valence-corrected chi connectivity index (χ3v) is 13.9. The summed E-state index contributed by atoms with van der Waals surface area (Å²) in [6.07, 6.45) is 2.34. The molecule has 0 unspecified atom stereocenters. The fraction of sp³-hybridized carbons (Fsp3) is 0.347. The summed E-state index contributed by atoms with van der Waals surface area (Å²) in [6.45, 7) is 25.7. The molecule has 0 saturated heterocycles. The average molecular weight is 731 g/mol. The van der Waals surface area contributed by atoms with Gasteiger partial charge in [0.05, 0.1) is 5.69 Å². The van der Waals surface area contributed by atoms with E-state index in [0.29, 0.717) is 0 Å². The molecular formula is C49H52BFN2S. The number of fused-ring (bicyclic) bond motifs is 7. The van der Waals surface area contributed by atoms with Crippen LogP contribution >= 0.6 is 11.3 Å². The number of benzene rings is 5. The molecule has 3 aliphatic rings. The van der Waals surface area contributed by atoms with Gasteiger partial charge in [-0.15, -0.1) is 11.3 Å². The van der Waals surface area contributed by atoms with E-state index in [2.05, 4.69) is 153 Å². The first-order valence-corrected chi connectivity index (χ1v) is 20.5. The van der Waals surface area contributed by atoms with Gasteiger partial charge in [0.15, 0.2) is 0 Å². The van der Waals surface area contributed by atoms with Crippen molar-refractivity contribution >= 4 is 78.0 Å². The van der Waals surface area contributed by atoms with Gasteiger partial charge in [0.25, 0.3) is 6.71 Å². The molecule has 274 valence electrons. The van der Waals surface area contributed by atoms with Crippen LogP contribution in [0.2, 0.25) is 0 Å². The highest BCUT2D eigenvalue weighted by molar-refractivity contribution is 7.33. The summed E-state index contributed by atoms with van der Waals surface area (Å²) < 4.78 is 17.3. The number of nitrogens with zero attached hydrogens (tertiary/aromatic N) is 2. The highest BCUT2D eigenvalue weighted by Crippen LogP contribution is 2.52. The van der Waals surface area contributed by atoms with Crippen LogP contribution in [0, 0.1) is 12.7 Å². The summed E-state index contributed by atoms with van der Waals surface area (Å²) >= 11 is 1.96. The van der Waals surface area contributed by atoms with Crippen LogP contribution in [-0.2, 0) is 21.7 Å². The predicted molar refractivity (Wildman–Crippen MR) is 233 cm³/mol. The maximum Gasteiger partial charge on any atom is 0.264 e. The summed E-state index contributed by atoms with van der Waals surface area (Å²) in [5, 5.41) is 1.30. The van der Waals surface area contributed by atoms with Crippen molar-refractivity contribution in [3.05, 3.63) is 125 Å². The zero-order valence-corrected chi connectivity index (χ0v) is 34.6. The minimum Gasteiger partial charge on any atom is -0.311 e. The molecule has 3 heterocycles. The first kappa shape index (κ1) is 35.4. The molecule has 0 N–H and O–H groups in total. The Bertz CT molecular complexity index is 2490. The highest BCUT2D eigenvalue weighted by atomic mass is 32.1. The van der Waals surface area contributed by atoms with Gasteiger partial charge in [0, 0.05) is 43.3 Å². The second-order valence-electron chi connectivity index (χ2n) is 19.6. The molecule has 6 aromatic rings. The Hall–Kier alpha value is -4.35. The monoisotopic (exact) mass is 730 g/mol. The van der Waals surface area contributed by atoms with Crippen molar-refractivity contribution in [1.82, 2.24) is 0 Å². The van der Waals surface area contributed by atoms with Gasteiger partial charge in [-0.1, -0.05) is 93.5 Å². The van der Waals surface area contributed by atoms with Gasteiger partial charge in [-0.2, -0.15) is 0 Å². The Morgan fingerprint density at radius 3 is 1.78 bits per heavy atom. The molecule has 0 atom stereocenters. The Morgan fingerprint density at radius 2 is 1.17 bits per heavy atom.